The van der Waals surface area contributed by atoms with Gasteiger partial charge in [0.05, 0.1) is 6.07 Å². The maximum atomic E-state index is 12.7. The second-order valence-corrected chi connectivity index (χ2v) is 5.52. The molecule has 5 heteroatoms. The lowest BCUT2D eigenvalue weighted by molar-refractivity contribution is 0.101. The fourth-order valence-electron chi connectivity index (χ4n) is 2.48. The average molecular weight is 326 g/mol. The van der Waals surface area contributed by atoms with Gasteiger partial charge in [0.2, 0.25) is 5.78 Å². The number of aryl methyl sites for hydroxylation is 1. The Bertz CT molecular complexity index is 920. The van der Waals surface area contributed by atoms with Crippen LogP contribution in [-0.2, 0) is 6.42 Å². The van der Waals surface area contributed by atoms with E-state index in [-0.39, 0.29) is 23.7 Å². The van der Waals surface area contributed by atoms with Crippen LogP contribution in [0.3, 0.4) is 0 Å². The molecule has 4 nitrogen and oxygen atoms in total. The maximum absolute atomic E-state index is 12.7. The number of phenolic OH excluding ortho intramolecular Hbond substituents is 1. The fraction of sp³-hybridized carbons (Fsp3) is 0.111. The molecule has 1 heterocycles. The Morgan fingerprint density at radius 3 is 2.65 bits per heavy atom. The van der Waals surface area contributed by atoms with E-state index in [0.29, 0.717) is 28.2 Å². The fourth-order valence-corrected chi connectivity index (χ4v) is 2.61. The molecule has 3 aromatic rings. The molecule has 3 rings (SSSR count). The summed E-state index contributed by atoms with van der Waals surface area (Å²) in [6, 6.07) is 13.3. The van der Waals surface area contributed by atoms with E-state index in [1.165, 1.54) is 12.1 Å². The zero-order valence-electron chi connectivity index (χ0n) is 12.0. The van der Waals surface area contributed by atoms with Gasteiger partial charge >= 0.3 is 0 Å². The number of carbonyl (C=O) groups excluding carboxylic acids is 1. The number of hydrogen-bond donors (Lipinski definition) is 1. The molecule has 23 heavy (non-hydrogen) atoms. The number of fused-ring (bicyclic) bond motifs is 1. The van der Waals surface area contributed by atoms with Gasteiger partial charge in [-0.2, -0.15) is 5.26 Å². The third-order valence-electron chi connectivity index (χ3n) is 3.58. The number of halogens is 1. The minimum atomic E-state index is -0.273. The summed E-state index contributed by atoms with van der Waals surface area (Å²) in [4.78, 5) is 12.7. The molecular formula is C18H12ClNO3. The topological polar surface area (TPSA) is 74.2 Å². The molecule has 0 aliphatic rings. The Morgan fingerprint density at radius 2 is 1.96 bits per heavy atom. The standard InChI is InChI=1S/C18H12ClNO3/c19-12-5-3-11(4-6-12)17(22)18-15(2-1-9-20)14-8-7-13(21)10-16(14)23-18/h3-8,10,21H,1-2H2. The number of aromatic hydroxyl groups is 1. The average Bonchev–Trinajstić information content (AvgIpc) is 2.90. The highest BCUT2D eigenvalue weighted by Crippen LogP contribution is 2.31. The number of phenols is 1. The second kappa shape index (κ2) is 6.15. The molecule has 0 radical (unpaired) electrons. The molecule has 114 valence electrons. The van der Waals surface area contributed by atoms with E-state index in [1.807, 2.05) is 0 Å². The van der Waals surface area contributed by atoms with Crippen LogP contribution in [-0.4, -0.2) is 10.9 Å². The molecule has 0 spiro atoms. The first-order valence-electron chi connectivity index (χ1n) is 7.02. The summed E-state index contributed by atoms with van der Waals surface area (Å²) in [6.07, 6.45) is 0.680. The third kappa shape index (κ3) is 2.92. The lowest BCUT2D eigenvalue weighted by atomic mass is 10.0. The lowest BCUT2D eigenvalue weighted by Gasteiger charge is -2.01. The van der Waals surface area contributed by atoms with Crippen LogP contribution in [0.4, 0.5) is 0 Å². The van der Waals surface area contributed by atoms with Crippen LogP contribution >= 0.6 is 11.6 Å². The molecule has 1 N–H and O–H groups in total. The van der Waals surface area contributed by atoms with Crippen molar-refractivity contribution >= 4 is 28.4 Å². The van der Waals surface area contributed by atoms with Gasteiger partial charge < -0.3 is 9.52 Å². The number of rotatable bonds is 4. The molecule has 0 atom stereocenters. The Balaban J connectivity index is 2.13. The van der Waals surface area contributed by atoms with E-state index < -0.39 is 0 Å². The molecule has 0 amide bonds. The van der Waals surface area contributed by atoms with Crippen LogP contribution in [0, 0.1) is 11.3 Å². The zero-order chi connectivity index (χ0) is 16.4. The predicted molar refractivity (Wildman–Crippen MR) is 86.7 cm³/mol. The van der Waals surface area contributed by atoms with Gasteiger partial charge in [0.1, 0.15) is 11.3 Å². The second-order valence-electron chi connectivity index (χ2n) is 5.08. The van der Waals surface area contributed by atoms with E-state index in [9.17, 15) is 9.90 Å². The first-order chi connectivity index (χ1) is 11.1. The van der Waals surface area contributed by atoms with Crippen molar-refractivity contribution in [1.82, 2.24) is 0 Å². The normalized spacial score (nSPS) is 10.6. The summed E-state index contributed by atoms with van der Waals surface area (Å²) < 4.78 is 5.67. The van der Waals surface area contributed by atoms with Crippen LogP contribution in [0.1, 0.15) is 28.1 Å². The van der Waals surface area contributed by atoms with Gasteiger partial charge in [-0.1, -0.05) is 11.6 Å². The summed E-state index contributed by atoms with van der Waals surface area (Å²) in [5, 5.41) is 19.7. The number of furan rings is 1. The van der Waals surface area contributed by atoms with E-state index >= 15 is 0 Å². The number of nitrogens with zero attached hydrogens (tertiary/aromatic N) is 1. The van der Waals surface area contributed by atoms with Crippen molar-refractivity contribution in [1.29, 1.82) is 5.26 Å². The summed E-state index contributed by atoms with van der Waals surface area (Å²) in [5.74, 6) is -0.0166. The van der Waals surface area contributed by atoms with Gasteiger partial charge in [-0.25, -0.2) is 0 Å². The minimum Gasteiger partial charge on any atom is -0.508 e. The molecule has 0 saturated heterocycles. The maximum Gasteiger partial charge on any atom is 0.228 e. The molecule has 0 saturated carbocycles. The summed E-state index contributed by atoms with van der Waals surface area (Å²) in [5.41, 5.74) is 1.56. The summed E-state index contributed by atoms with van der Waals surface area (Å²) in [7, 11) is 0. The van der Waals surface area contributed by atoms with Crippen molar-refractivity contribution in [2.24, 2.45) is 0 Å². The Morgan fingerprint density at radius 1 is 1.22 bits per heavy atom. The Labute approximate surface area is 137 Å². The van der Waals surface area contributed by atoms with Gasteiger partial charge in [0.15, 0.2) is 5.76 Å². The van der Waals surface area contributed by atoms with Gasteiger partial charge in [0, 0.05) is 34.0 Å². The first-order valence-corrected chi connectivity index (χ1v) is 7.39. The van der Waals surface area contributed by atoms with E-state index in [4.69, 9.17) is 21.3 Å². The van der Waals surface area contributed by atoms with E-state index in [2.05, 4.69) is 6.07 Å². The molecule has 2 aromatic carbocycles. The molecule has 1 aromatic heterocycles. The molecule has 0 aliphatic heterocycles. The number of ketones is 1. The first kappa shape index (κ1) is 15.1. The number of benzene rings is 2. The SMILES string of the molecule is N#CCCc1c(C(=O)c2ccc(Cl)cc2)oc2cc(O)ccc12. The molecular weight excluding hydrogens is 314 g/mol. The Kier molecular flexibility index (Phi) is 4.05. The summed E-state index contributed by atoms with van der Waals surface area (Å²) >= 11 is 5.85. The predicted octanol–water partition coefficient (Wildman–Crippen LogP) is 4.48. The minimum absolute atomic E-state index is 0.0589. The van der Waals surface area contributed by atoms with Crippen LogP contribution < -0.4 is 0 Å². The monoisotopic (exact) mass is 325 g/mol. The van der Waals surface area contributed by atoms with Crippen molar-refractivity contribution in [3.05, 3.63) is 64.4 Å². The zero-order valence-corrected chi connectivity index (χ0v) is 12.8. The number of hydrogen-bond acceptors (Lipinski definition) is 4. The lowest BCUT2D eigenvalue weighted by Crippen LogP contribution is -2.03. The number of nitriles is 1. The molecule has 0 fully saturated rings. The van der Waals surface area contributed by atoms with E-state index in [1.54, 1.807) is 30.3 Å². The summed E-state index contributed by atoms with van der Waals surface area (Å²) in [6.45, 7) is 0. The van der Waals surface area contributed by atoms with Crippen molar-refractivity contribution in [3.63, 3.8) is 0 Å². The van der Waals surface area contributed by atoms with Crippen molar-refractivity contribution in [3.8, 4) is 11.8 Å². The molecule has 0 aliphatic carbocycles. The van der Waals surface area contributed by atoms with Crippen molar-refractivity contribution < 1.29 is 14.3 Å². The van der Waals surface area contributed by atoms with Crippen LogP contribution in [0.5, 0.6) is 5.75 Å². The molecule has 0 unspecified atom stereocenters. The highest BCUT2D eigenvalue weighted by atomic mass is 35.5. The quantitative estimate of drug-likeness (QED) is 0.718. The van der Waals surface area contributed by atoms with Gasteiger partial charge in [0.25, 0.3) is 0 Å². The van der Waals surface area contributed by atoms with Crippen molar-refractivity contribution in [2.45, 2.75) is 12.8 Å². The van der Waals surface area contributed by atoms with Gasteiger partial charge in [-0.05, 0) is 42.8 Å². The molecule has 0 bridgehead atoms. The highest BCUT2D eigenvalue weighted by Gasteiger charge is 2.21. The van der Waals surface area contributed by atoms with Crippen LogP contribution in [0.15, 0.2) is 46.9 Å². The Hall–Kier alpha value is -2.77. The van der Waals surface area contributed by atoms with Gasteiger partial charge in [-0.3, -0.25) is 4.79 Å². The van der Waals surface area contributed by atoms with Crippen LogP contribution in [0.25, 0.3) is 11.0 Å². The number of carbonyl (C=O) groups is 1. The van der Waals surface area contributed by atoms with Crippen LogP contribution in [0.2, 0.25) is 5.02 Å². The van der Waals surface area contributed by atoms with Gasteiger partial charge in [-0.15, -0.1) is 0 Å². The highest BCUT2D eigenvalue weighted by molar-refractivity contribution is 6.30. The van der Waals surface area contributed by atoms with E-state index in [0.717, 1.165) is 5.39 Å². The van der Waals surface area contributed by atoms with Crippen molar-refractivity contribution in [2.75, 3.05) is 0 Å². The third-order valence-corrected chi connectivity index (χ3v) is 3.83. The largest absolute Gasteiger partial charge is 0.508 e. The smallest absolute Gasteiger partial charge is 0.228 e.